The number of nitrogens with zero attached hydrogens (tertiary/aromatic N) is 6. The van der Waals surface area contributed by atoms with E-state index in [2.05, 4.69) is 15.2 Å². The average Bonchev–Trinajstić information content (AvgIpc) is 3.36. The molecule has 0 N–H and O–H groups in total. The normalized spacial score (nSPS) is 15.1. The summed E-state index contributed by atoms with van der Waals surface area (Å²) in [6.45, 7) is 3.94. The minimum Gasteiger partial charge on any atom is -0.342 e. The molecule has 0 saturated carbocycles. The molecule has 0 radical (unpaired) electrons. The third kappa shape index (κ3) is 4.19. The molecule has 3 aromatic rings. The summed E-state index contributed by atoms with van der Waals surface area (Å²) in [4.78, 5) is 31.8. The van der Waals surface area contributed by atoms with E-state index in [9.17, 15) is 9.59 Å². The lowest BCUT2D eigenvalue weighted by molar-refractivity contribution is -0.131. The van der Waals surface area contributed by atoms with E-state index in [1.807, 2.05) is 17.9 Å². The number of aromatic nitrogens is 5. The van der Waals surface area contributed by atoms with E-state index in [0.29, 0.717) is 24.7 Å². The van der Waals surface area contributed by atoms with Crippen LogP contribution >= 0.6 is 11.3 Å². The van der Waals surface area contributed by atoms with Crippen molar-refractivity contribution in [1.82, 2.24) is 29.4 Å². The Balaban J connectivity index is 1.35. The zero-order chi connectivity index (χ0) is 19.5. The smallest absolute Gasteiger partial charge is 0.266 e. The summed E-state index contributed by atoms with van der Waals surface area (Å²) in [6.07, 6.45) is 7.42. The fourth-order valence-electron chi connectivity index (χ4n) is 3.45. The molecular weight excluding hydrogens is 376 g/mol. The van der Waals surface area contributed by atoms with Gasteiger partial charge in [0.2, 0.25) is 5.91 Å². The van der Waals surface area contributed by atoms with Crippen molar-refractivity contribution in [2.24, 2.45) is 5.92 Å². The predicted molar refractivity (Wildman–Crippen MR) is 105 cm³/mol. The van der Waals surface area contributed by atoms with Gasteiger partial charge >= 0.3 is 0 Å². The Bertz CT molecular complexity index is 1000. The minimum absolute atomic E-state index is 0.116. The van der Waals surface area contributed by atoms with Gasteiger partial charge in [0, 0.05) is 49.2 Å². The second-order valence-electron chi connectivity index (χ2n) is 7.01. The first kappa shape index (κ1) is 18.5. The van der Waals surface area contributed by atoms with Gasteiger partial charge in [-0.3, -0.25) is 9.59 Å². The molecule has 1 amide bonds. The van der Waals surface area contributed by atoms with Crippen LogP contribution in [0.3, 0.4) is 0 Å². The summed E-state index contributed by atoms with van der Waals surface area (Å²) in [5.74, 6) is 1.10. The van der Waals surface area contributed by atoms with Gasteiger partial charge in [0.05, 0.1) is 11.4 Å². The zero-order valence-electron chi connectivity index (χ0n) is 15.7. The summed E-state index contributed by atoms with van der Waals surface area (Å²) >= 11 is 1.57. The van der Waals surface area contributed by atoms with Gasteiger partial charge < -0.3 is 4.90 Å². The second kappa shape index (κ2) is 8.05. The molecule has 1 aliphatic heterocycles. The molecule has 8 nitrogen and oxygen atoms in total. The summed E-state index contributed by atoms with van der Waals surface area (Å²) in [5, 5.41) is 9.58. The summed E-state index contributed by atoms with van der Waals surface area (Å²) in [7, 11) is 0. The average molecular weight is 398 g/mol. The summed E-state index contributed by atoms with van der Waals surface area (Å²) in [5.41, 5.74) is -0.116. The number of carbonyl (C=O) groups is 1. The molecular formula is C19H22N6O2S. The number of amides is 1. The van der Waals surface area contributed by atoms with Crippen LogP contribution in [0.15, 0.2) is 41.6 Å². The van der Waals surface area contributed by atoms with Crippen LogP contribution in [0, 0.1) is 12.8 Å². The van der Waals surface area contributed by atoms with Crippen molar-refractivity contribution in [1.29, 1.82) is 0 Å². The third-order valence-electron chi connectivity index (χ3n) is 4.98. The fraction of sp³-hybridized carbons (Fsp3) is 0.421. The molecule has 1 saturated heterocycles. The number of thiazole rings is 1. The van der Waals surface area contributed by atoms with Crippen LogP contribution in [0.1, 0.15) is 22.7 Å². The molecule has 4 heterocycles. The molecule has 9 heteroatoms. The Morgan fingerprint density at radius 1 is 1.29 bits per heavy atom. The Morgan fingerprint density at radius 3 is 2.79 bits per heavy atom. The third-order valence-corrected chi connectivity index (χ3v) is 5.90. The van der Waals surface area contributed by atoms with Crippen LogP contribution in [0.4, 0.5) is 0 Å². The van der Waals surface area contributed by atoms with Crippen molar-refractivity contribution < 1.29 is 4.79 Å². The van der Waals surface area contributed by atoms with Gasteiger partial charge in [-0.05, 0) is 37.8 Å². The maximum absolute atomic E-state index is 12.5. The molecule has 0 bridgehead atoms. The van der Waals surface area contributed by atoms with Gasteiger partial charge in [-0.15, -0.1) is 16.4 Å². The molecule has 4 rings (SSSR count). The number of aryl methyl sites for hydroxylation is 1. The molecule has 0 aromatic carbocycles. The standard InChI is InChI=1S/C19H22N6O2S/c1-14-20-12-16(28-14)11-19(27)23-9-5-15(6-10-23)13-25-18(26)4-3-17(22-25)24-8-2-7-21-24/h2-4,7-8,12,15H,5-6,9-11,13H2,1H3. The fourth-order valence-corrected chi connectivity index (χ4v) is 4.24. The van der Waals surface area contributed by atoms with Crippen molar-refractivity contribution in [2.75, 3.05) is 13.1 Å². The quantitative estimate of drug-likeness (QED) is 0.653. The first-order chi connectivity index (χ1) is 13.6. The van der Waals surface area contributed by atoms with Crippen molar-refractivity contribution in [3.05, 3.63) is 57.0 Å². The van der Waals surface area contributed by atoms with Crippen molar-refractivity contribution in [3.8, 4) is 5.82 Å². The molecule has 0 aliphatic carbocycles. The largest absolute Gasteiger partial charge is 0.342 e. The zero-order valence-corrected chi connectivity index (χ0v) is 16.5. The Kier molecular flexibility index (Phi) is 5.34. The van der Waals surface area contributed by atoms with E-state index in [1.54, 1.807) is 40.7 Å². The minimum atomic E-state index is -0.116. The van der Waals surface area contributed by atoms with Gasteiger partial charge in [-0.1, -0.05) is 0 Å². The van der Waals surface area contributed by atoms with E-state index < -0.39 is 0 Å². The van der Waals surface area contributed by atoms with Crippen LogP contribution < -0.4 is 5.56 Å². The Morgan fingerprint density at radius 2 is 2.11 bits per heavy atom. The van der Waals surface area contributed by atoms with Crippen LogP contribution in [0.2, 0.25) is 0 Å². The molecule has 1 fully saturated rings. The molecule has 1 aliphatic rings. The summed E-state index contributed by atoms with van der Waals surface area (Å²) < 4.78 is 3.15. The number of rotatable bonds is 5. The summed E-state index contributed by atoms with van der Waals surface area (Å²) in [6, 6.07) is 5.02. The highest BCUT2D eigenvalue weighted by molar-refractivity contribution is 7.11. The van der Waals surface area contributed by atoms with E-state index in [-0.39, 0.29) is 11.5 Å². The van der Waals surface area contributed by atoms with E-state index in [0.717, 1.165) is 35.8 Å². The van der Waals surface area contributed by atoms with Gasteiger partial charge in [0.1, 0.15) is 0 Å². The van der Waals surface area contributed by atoms with E-state index in [4.69, 9.17) is 0 Å². The molecule has 0 spiro atoms. The number of piperidine rings is 1. The number of likely N-dealkylation sites (tertiary alicyclic amines) is 1. The molecule has 0 atom stereocenters. The van der Waals surface area contributed by atoms with Crippen LogP contribution in [0.25, 0.3) is 5.82 Å². The van der Waals surface area contributed by atoms with Crippen LogP contribution in [-0.2, 0) is 17.8 Å². The number of carbonyl (C=O) groups excluding carboxylic acids is 1. The number of hydrogen-bond acceptors (Lipinski definition) is 6. The highest BCUT2D eigenvalue weighted by Crippen LogP contribution is 2.20. The first-order valence-electron chi connectivity index (χ1n) is 9.36. The highest BCUT2D eigenvalue weighted by Gasteiger charge is 2.24. The lowest BCUT2D eigenvalue weighted by atomic mass is 9.96. The molecule has 3 aromatic heterocycles. The first-order valence-corrected chi connectivity index (χ1v) is 10.2. The lowest BCUT2D eigenvalue weighted by Crippen LogP contribution is -2.41. The molecule has 28 heavy (non-hydrogen) atoms. The predicted octanol–water partition coefficient (Wildman–Crippen LogP) is 1.68. The van der Waals surface area contributed by atoms with Gasteiger partial charge in [-0.25, -0.2) is 14.3 Å². The SMILES string of the molecule is Cc1ncc(CC(=O)N2CCC(Cn3nc(-n4cccn4)ccc3=O)CC2)s1. The monoisotopic (exact) mass is 398 g/mol. The van der Waals surface area contributed by atoms with E-state index >= 15 is 0 Å². The van der Waals surface area contributed by atoms with Gasteiger partial charge in [-0.2, -0.15) is 5.10 Å². The van der Waals surface area contributed by atoms with Crippen molar-refractivity contribution in [2.45, 2.75) is 32.7 Å². The van der Waals surface area contributed by atoms with Crippen LogP contribution in [-0.4, -0.2) is 48.4 Å². The Hall–Kier alpha value is -2.81. The lowest BCUT2D eigenvalue weighted by Gasteiger charge is -2.32. The van der Waals surface area contributed by atoms with Crippen molar-refractivity contribution in [3.63, 3.8) is 0 Å². The number of hydrogen-bond donors (Lipinski definition) is 0. The van der Waals surface area contributed by atoms with Gasteiger partial charge in [0.25, 0.3) is 5.56 Å². The van der Waals surface area contributed by atoms with Crippen molar-refractivity contribution >= 4 is 17.2 Å². The van der Waals surface area contributed by atoms with E-state index in [1.165, 1.54) is 10.7 Å². The molecule has 0 unspecified atom stereocenters. The second-order valence-corrected chi connectivity index (χ2v) is 8.33. The molecule has 146 valence electrons. The maximum Gasteiger partial charge on any atom is 0.266 e. The maximum atomic E-state index is 12.5. The topological polar surface area (TPSA) is 85.9 Å². The van der Waals surface area contributed by atoms with Crippen LogP contribution in [0.5, 0.6) is 0 Å². The highest BCUT2D eigenvalue weighted by atomic mass is 32.1. The Labute approximate surface area is 166 Å². The van der Waals surface area contributed by atoms with Gasteiger partial charge in [0.15, 0.2) is 5.82 Å².